The van der Waals surface area contributed by atoms with Crippen LogP contribution in [0.1, 0.15) is 5.56 Å². The van der Waals surface area contributed by atoms with Gasteiger partial charge in [0.1, 0.15) is 22.2 Å². The van der Waals surface area contributed by atoms with Crippen LogP contribution in [0.4, 0.5) is 0 Å². The summed E-state index contributed by atoms with van der Waals surface area (Å²) >= 11 is 0. The molecular formula is C13H18N2O3S. The first-order valence-electron chi connectivity index (χ1n) is 5.90. The SMILES string of the molecule is CN(CCOc1cccc(C#N)c1)CCS(C)(=O)=O. The number of nitrogens with zero attached hydrogens (tertiary/aromatic N) is 2. The summed E-state index contributed by atoms with van der Waals surface area (Å²) in [6.45, 7) is 1.57. The molecule has 104 valence electrons. The molecule has 0 radical (unpaired) electrons. The van der Waals surface area contributed by atoms with E-state index in [0.717, 1.165) is 0 Å². The maximum absolute atomic E-state index is 11.0. The fourth-order valence-corrected chi connectivity index (χ4v) is 2.05. The van der Waals surface area contributed by atoms with E-state index in [4.69, 9.17) is 10.00 Å². The van der Waals surface area contributed by atoms with Crippen molar-refractivity contribution >= 4 is 9.84 Å². The van der Waals surface area contributed by atoms with Gasteiger partial charge >= 0.3 is 0 Å². The predicted octanol–water partition coefficient (Wildman–Crippen LogP) is 0.913. The topological polar surface area (TPSA) is 70.4 Å². The van der Waals surface area contributed by atoms with Crippen LogP contribution < -0.4 is 4.74 Å². The molecule has 0 heterocycles. The van der Waals surface area contributed by atoms with Gasteiger partial charge in [-0.15, -0.1) is 0 Å². The molecule has 1 aromatic rings. The van der Waals surface area contributed by atoms with Crippen LogP contribution >= 0.6 is 0 Å². The Kier molecular flexibility index (Phi) is 5.80. The van der Waals surface area contributed by atoms with Crippen molar-refractivity contribution in [1.82, 2.24) is 4.90 Å². The third-order valence-electron chi connectivity index (χ3n) is 2.55. The number of nitriles is 1. The number of hydrogen-bond donors (Lipinski definition) is 0. The third kappa shape index (κ3) is 6.79. The monoisotopic (exact) mass is 282 g/mol. The second-order valence-corrected chi connectivity index (χ2v) is 6.68. The van der Waals surface area contributed by atoms with E-state index in [0.29, 0.717) is 31.0 Å². The fraction of sp³-hybridized carbons (Fsp3) is 0.462. The van der Waals surface area contributed by atoms with Crippen molar-refractivity contribution in [2.24, 2.45) is 0 Å². The molecule has 0 fully saturated rings. The summed E-state index contributed by atoms with van der Waals surface area (Å²) in [6, 6.07) is 8.99. The lowest BCUT2D eigenvalue weighted by atomic mass is 10.2. The Balaban J connectivity index is 2.32. The molecule has 0 aliphatic rings. The number of benzene rings is 1. The van der Waals surface area contributed by atoms with Gasteiger partial charge in [-0.25, -0.2) is 8.42 Å². The Bertz CT molecular complexity index is 549. The van der Waals surface area contributed by atoms with E-state index in [1.54, 1.807) is 24.3 Å². The highest BCUT2D eigenvalue weighted by molar-refractivity contribution is 7.90. The summed E-state index contributed by atoms with van der Waals surface area (Å²) in [4.78, 5) is 1.90. The summed E-state index contributed by atoms with van der Waals surface area (Å²) in [5.74, 6) is 0.795. The maximum Gasteiger partial charge on any atom is 0.148 e. The van der Waals surface area contributed by atoms with Gasteiger partial charge in [-0.3, -0.25) is 0 Å². The van der Waals surface area contributed by atoms with Gasteiger partial charge in [0.25, 0.3) is 0 Å². The number of hydrogen-bond acceptors (Lipinski definition) is 5. The molecule has 0 atom stereocenters. The molecule has 0 N–H and O–H groups in total. The van der Waals surface area contributed by atoms with Crippen LogP contribution in [-0.4, -0.2) is 52.1 Å². The maximum atomic E-state index is 11.0. The summed E-state index contributed by atoms with van der Waals surface area (Å²) < 4.78 is 27.5. The first-order valence-corrected chi connectivity index (χ1v) is 7.96. The molecule has 0 spiro atoms. The predicted molar refractivity (Wildman–Crippen MR) is 73.9 cm³/mol. The van der Waals surface area contributed by atoms with Crippen molar-refractivity contribution < 1.29 is 13.2 Å². The van der Waals surface area contributed by atoms with Gasteiger partial charge in [-0.1, -0.05) is 6.07 Å². The van der Waals surface area contributed by atoms with E-state index in [1.165, 1.54) is 6.26 Å². The number of ether oxygens (including phenoxy) is 1. The van der Waals surface area contributed by atoms with Gasteiger partial charge in [0.2, 0.25) is 0 Å². The summed E-state index contributed by atoms with van der Waals surface area (Å²) in [5, 5.41) is 8.75. The lowest BCUT2D eigenvalue weighted by Crippen LogP contribution is -2.29. The molecule has 0 saturated heterocycles. The molecule has 5 nitrogen and oxygen atoms in total. The molecule has 0 saturated carbocycles. The molecule has 0 aromatic heterocycles. The quantitative estimate of drug-likeness (QED) is 0.743. The van der Waals surface area contributed by atoms with Crippen LogP contribution in [0.15, 0.2) is 24.3 Å². The van der Waals surface area contributed by atoms with Crippen LogP contribution in [0, 0.1) is 11.3 Å². The minimum Gasteiger partial charge on any atom is -0.492 e. The summed E-state index contributed by atoms with van der Waals surface area (Å²) in [6.07, 6.45) is 1.23. The highest BCUT2D eigenvalue weighted by Crippen LogP contribution is 2.12. The van der Waals surface area contributed by atoms with E-state index >= 15 is 0 Å². The average molecular weight is 282 g/mol. The van der Waals surface area contributed by atoms with E-state index in [2.05, 4.69) is 0 Å². The van der Waals surface area contributed by atoms with Crippen molar-refractivity contribution in [2.75, 3.05) is 38.8 Å². The first-order chi connectivity index (χ1) is 8.90. The van der Waals surface area contributed by atoms with Crippen LogP contribution in [0.2, 0.25) is 0 Å². The van der Waals surface area contributed by atoms with Crippen LogP contribution in [0.5, 0.6) is 5.75 Å². The molecule has 0 unspecified atom stereocenters. The van der Waals surface area contributed by atoms with Crippen molar-refractivity contribution in [1.29, 1.82) is 5.26 Å². The molecular weight excluding hydrogens is 264 g/mol. The smallest absolute Gasteiger partial charge is 0.148 e. The second-order valence-electron chi connectivity index (χ2n) is 4.42. The Morgan fingerprint density at radius 2 is 2.11 bits per heavy atom. The fourth-order valence-electron chi connectivity index (χ4n) is 1.41. The third-order valence-corrected chi connectivity index (χ3v) is 3.47. The van der Waals surface area contributed by atoms with Crippen LogP contribution in [-0.2, 0) is 9.84 Å². The first kappa shape index (κ1) is 15.5. The summed E-state index contributed by atoms with van der Waals surface area (Å²) in [5.41, 5.74) is 0.558. The molecule has 0 amide bonds. The van der Waals surface area contributed by atoms with E-state index in [-0.39, 0.29) is 5.75 Å². The lowest BCUT2D eigenvalue weighted by Gasteiger charge is -2.16. The lowest BCUT2D eigenvalue weighted by molar-refractivity contribution is 0.244. The number of rotatable bonds is 7. The van der Waals surface area contributed by atoms with E-state index in [1.807, 2.05) is 18.0 Å². The molecule has 19 heavy (non-hydrogen) atoms. The van der Waals surface area contributed by atoms with E-state index < -0.39 is 9.84 Å². The number of likely N-dealkylation sites (N-methyl/N-ethyl adjacent to an activating group) is 1. The minimum absolute atomic E-state index is 0.146. The Morgan fingerprint density at radius 1 is 1.37 bits per heavy atom. The average Bonchev–Trinajstić information content (AvgIpc) is 2.36. The number of sulfone groups is 1. The molecule has 1 rings (SSSR count). The summed E-state index contributed by atoms with van der Waals surface area (Å²) in [7, 11) is -1.08. The van der Waals surface area contributed by atoms with Crippen molar-refractivity contribution in [3.05, 3.63) is 29.8 Å². The molecule has 0 aliphatic carbocycles. The standard InChI is InChI=1S/C13H18N2O3S/c1-15(7-9-19(2,16)17)6-8-18-13-5-3-4-12(10-13)11-14/h3-5,10H,6-9H2,1-2H3. The Labute approximate surface area is 114 Å². The Hall–Kier alpha value is -1.58. The zero-order valence-corrected chi connectivity index (χ0v) is 12.0. The van der Waals surface area contributed by atoms with Crippen molar-refractivity contribution in [2.45, 2.75) is 0 Å². The van der Waals surface area contributed by atoms with Gasteiger partial charge in [-0.2, -0.15) is 5.26 Å². The van der Waals surface area contributed by atoms with Gasteiger partial charge in [0, 0.05) is 19.3 Å². The van der Waals surface area contributed by atoms with Crippen LogP contribution in [0.25, 0.3) is 0 Å². The zero-order chi connectivity index (χ0) is 14.3. The van der Waals surface area contributed by atoms with E-state index in [9.17, 15) is 8.42 Å². The minimum atomic E-state index is -2.92. The Morgan fingerprint density at radius 3 is 2.74 bits per heavy atom. The molecule has 0 bridgehead atoms. The van der Waals surface area contributed by atoms with Crippen molar-refractivity contribution in [3.63, 3.8) is 0 Å². The van der Waals surface area contributed by atoms with Gasteiger partial charge in [0.05, 0.1) is 17.4 Å². The van der Waals surface area contributed by atoms with Gasteiger partial charge in [-0.05, 0) is 25.2 Å². The molecule has 6 heteroatoms. The van der Waals surface area contributed by atoms with Gasteiger partial charge < -0.3 is 9.64 Å². The van der Waals surface area contributed by atoms with Crippen molar-refractivity contribution in [3.8, 4) is 11.8 Å². The second kappa shape index (κ2) is 7.12. The van der Waals surface area contributed by atoms with Gasteiger partial charge in [0.15, 0.2) is 0 Å². The zero-order valence-electron chi connectivity index (χ0n) is 11.2. The highest BCUT2D eigenvalue weighted by Gasteiger charge is 2.05. The largest absolute Gasteiger partial charge is 0.492 e. The highest BCUT2D eigenvalue weighted by atomic mass is 32.2. The molecule has 1 aromatic carbocycles. The normalized spacial score (nSPS) is 11.3. The molecule has 0 aliphatic heterocycles. The van der Waals surface area contributed by atoms with Crippen LogP contribution in [0.3, 0.4) is 0 Å².